The number of benzene rings is 6. The maximum absolute atomic E-state index is 13.6. The number of hydrogen-bond acceptors (Lipinski definition) is 18. The quantitative estimate of drug-likeness (QED) is 0.0287. The van der Waals surface area contributed by atoms with Gasteiger partial charge in [0.05, 0.1) is 57.4 Å². The van der Waals surface area contributed by atoms with Crippen molar-refractivity contribution in [3.63, 3.8) is 0 Å². The smallest absolute Gasteiger partial charge is 0.465 e. The van der Waals surface area contributed by atoms with E-state index in [0.717, 1.165) is 16.6 Å². The number of anilines is 2. The van der Waals surface area contributed by atoms with Crippen molar-refractivity contribution in [2.75, 3.05) is 36.8 Å². The van der Waals surface area contributed by atoms with Crippen LogP contribution in [0.2, 0.25) is 0 Å². The first kappa shape index (κ1) is 64.7. The third kappa shape index (κ3) is 16.4. The van der Waals surface area contributed by atoms with E-state index in [0.29, 0.717) is 45.0 Å². The summed E-state index contributed by atoms with van der Waals surface area (Å²) >= 11 is 10.5. The summed E-state index contributed by atoms with van der Waals surface area (Å²) < 4.78 is 128. The highest BCUT2D eigenvalue weighted by Gasteiger charge is 2.45. The number of hydrogen-bond donors (Lipinski definition) is 4. The average Bonchev–Trinajstić information content (AvgIpc) is 3.76. The van der Waals surface area contributed by atoms with Crippen LogP contribution in [0.5, 0.6) is 23.0 Å². The van der Waals surface area contributed by atoms with Gasteiger partial charge in [0.15, 0.2) is 42.7 Å². The molecule has 446 valence electrons. The molecule has 1 aromatic heterocycles. The molecule has 0 saturated heterocycles. The number of fused-ring (bicyclic) bond motifs is 3. The summed E-state index contributed by atoms with van der Waals surface area (Å²) in [7, 11) is -4.19. The van der Waals surface area contributed by atoms with E-state index in [1.54, 1.807) is 99.6 Å². The molecule has 0 atom stereocenters. The number of carbonyl (C=O) groups excluding carboxylic acids is 5. The molecule has 2 aliphatic heterocycles. The van der Waals surface area contributed by atoms with Crippen molar-refractivity contribution >= 4 is 89.2 Å². The third-order valence-corrected chi connectivity index (χ3v) is 16.4. The standard InChI is InChI=1S/C26H23F2N3O5S.C24H23F2N3O5S.C4H6Cl2O3.CO2/c1-3-37(33,34)20-10-7-17(8-11-20)14-29-25(32)18-9-12-22-21(13-18)30-16(2)31(22)15-19-5-4-6-23-24(19)36-26(27,28)35-23;1-2-35(31,32)18-9-6-15(7-10-18)13-29-23(30)16-8-11-20(19(27)12-16)28-14-17-4-3-5-21-22(17)34-24(25,26)33-21;1-8-3(7)4(5,6)9-2;2-1-3/h4-13H,3,14-15H2,1-2H3,(H,29,32);3-12,28H,2,13-14,27H2,1H3,(H,29,30);1-2H3;. The normalized spacial score (nSPS) is 13.3. The Labute approximate surface area is 488 Å². The first-order valence-electron chi connectivity index (χ1n) is 24.7. The van der Waals surface area contributed by atoms with Gasteiger partial charge in [-0.15, -0.1) is 17.6 Å². The fraction of sp³-hybridized carbons (Fsp3) is 0.255. The molecule has 0 bridgehead atoms. The number of nitrogens with zero attached hydrogens (tertiary/aromatic N) is 2. The van der Waals surface area contributed by atoms with Crippen molar-refractivity contribution in [3.8, 4) is 23.0 Å². The maximum atomic E-state index is 13.6. The second kappa shape index (κ2) is 27.3. The molecule has 0 unspecified atom stereocenters. The van der Waals surface area contributed by atoms with Crippen LogP contribution in [0, 0.1) is 6.92 Å². The molecule has 0 aliphatic carbocycles. The molecule has 6 aromatic carbocycles. The van der Waals surface area contributed by atoms with Gasteiger partial charge in [-0.3, -0.25) is 9.59 Å². The number of nitrogen functional groups attached to an aromatic ring is 1. The van der Waals surface area contributed by atoms with Crippen LogP contribution in [0.25, 0.3) is 11.0 Å². The first-order valence-corrected chi connectivity index (χ1v) is 28.7. The van der Waals surface area contributed by atoms with E-state index in [4.69, 9.17) is 43.3 Å². The Morgan fingerprint density at radius 3 is 1.60 bits per heavy atom. The molecule has 29 heteroatoms. The number of esters is 1. The van der Waals surface area contributed by atoms with Crippen LogP contribution in [-0.4, -0.2) is 93.2 Å². The summed E-state index contributed by atoms with van der Waals surface area (Å²) in [6, 6.07) is 31.8. The summed E-state index contributed by atoms with van der Waals surface area (Å²) in [5.41, 5.74) is 11.4. The predicted octanol–water partition coefficient (Wildman–Crippen LogP) is 8.72. The number of ether oxygens (including phenoxy) is 6. The fourth-order valence-corrected chi connectivity index (χ4v) is 9.79. The molecule has 0 saturated carbocycles. The van der Waals surface area contributed by atoms with E-state index < -0.39 is 42.8 Å². The molecule has 84 heavy (non-hydrogen) atoms. The topological polar surface area (TPSA) is 289 Å². The zero-order valence-corrected chi connectivity index (χ0v) is 48.1. The number of nitrogens with two attached hydrogens (primary N) is 1. The van der Waals surface area contributed by atoms with Gasteiger partial charge in [-0.05, 0) is 90.8 Å². The summed E-state index contributed by atoms with van der Waals surface area (Å²) in [5.74, 6) is -0.944. The van der Waals surface area contributed by atoms with Crippen LogP contribution in [0.1, 0.15) is 62.6 Å². The third-order valence-electron chi connectivity index (χ3n) is 12.2. The van der Waals surface area contributed by atoms with Crippen molar-refractivity contribution in [3.05, 3.63) is 161 Å². The zero-order valence-electron chi connectivity index (χ0n) is 45.0. The lowest BCUT2D eigenvalue weighted by atomic mass is 10.1. The fourth-order valence-electron chi connectivity index (χ4n) is 7.86. The number of carbonyl (C=O) groups is 3. The number of methoxy groups -OCH3 is 2. The predicted molar refractivity (Wildman–Crippen MR) is 296 cm³/mol. The number of imidazole rings is 1. The van der Waals surface area contributed by atoms with Crippen molar-refractivity contribution < 1.29 is 86.8 Å². The molecule has 0 fully saturated rings. The molecule has 2 aliphatic rings. The molecule has 9 rings (SSSR count). The summed E-state index contributed by atoms with van der Waals surface area (Å²) in [6.07, 6.45) is -7.16. The first-order chi connectivity index (χ1) is 39.6. The van der Waals surface area contributed by atoms with Crippen LogP contribution in [0.15, 0.2) is 131 Å². The summed E-state index contributed by atoms with van der Waals surface area (Å²) in [5, 5.41) is 8.63. The Balaban J connectivity index is 0.000000226. The number of alkyl halides is 6. The van der Waals surface area contributed by atoms with E-state index in [1.165, 1.54) is 56.7 Å². The van der Waals surface area contributed by atoms with Crippen molar-refractivity contribution in [1.29, 1.82) is 0 Å². The molecule has 21 nitrogen and oxygen atoms in total. The highest BCUT2D eigenvalue weighted by Crippen LogP contribution is 2.45. The van der Waals surface area contributed by atoms with Crippen molar-refractivity contribution in [1.82, 2.24) is 20.2 Å². The molecular weight excluding hydrogens is 1200 g/mol. The molecule has 0 spiro atoms. The Morgan fingerprint density at radius 1 is 0.679 bits per heavy atom. The number of aryl methyl sites for hydroxylation is 1. The van der Waals surface area contributed by atoms with Gasteiger partial charge in [-0.1, -0.05) is 85.6 Å². The van der Waals surface area contributed by atoms with Crippen LogP contribution >= 0.6 is 23.2 Å². The van der Waals surface area contributed by atoms with Gasteiger partial charge in [0, 0.05) is 49.0 Å². The number of aromatic nitrogens is 2. The van der Waals surface area contributed by atoms with Crippen LogP contribution in [0.3, 0.4) is 0 Å². The number of para-hydroxylation sites is 2. The second-order valence-electron chi connectivity index (χ2n) is 17.7. The lowest BCUT2D eigenvalue weighted by Crippen LogP contribution is -2.29. The zero-order chi connectivity index (χ0) is 61.8. The van der Waals surface area contributed by atoms with Gasteiger partial charge in [0.1, 0.15) is 5.82 Å². The van der Waals surface area contributed by atoms with Crippen molar-refractivity contribution in [2.24, 2.45) is 0 Å². The second-order valence-corrected chi connectivity index (χ2v) is 23.5. The molecule has 2 amide bonds. The van der Waals surface area contributed by atoms with Crippen molar-refractivity contribution in [2.45, 2.75) is 73.8 Å². The Kier molecular flexibility index (Phi) is 21.0. The van der Waals surface area contributed by atoms with Gasteiger partial charge < -0.3 is 54.7 Å². The largest absolute Gasteiger partial charge is 0.586 e. The van der Waals surface area contributed by atoms with Gasteiger partial charge in [-0.2, -0.15) is 9.59 Å². The highest BCUT2D eigenvalue weighted by molar-refractivity contribution is 7.91. The Morgan fingerprint density at radius 2 is 1.14 bits per heavy atom. The minimum atomic E-state index is -3.71. The summed E-state index contributed by atoms with van der Waals surface area (Å²) in [6.45, 7) is 5.75. The van der Waals surface area contributed by atoms with Crippen LogP contribution in [-0.2, 0) is 69.7 Å². The number of amides is 2. The van der Waals surface area contributed by atoms with Gasteiger partial charge in [0.2, 0.25) is 0 Å². The number of halogens is 6. The molecule has 5 N–H and O–H groups in total. The minimum Gasteiger partial charge on any atom is -0.465 e. The number of nitrogens with one attached hydrogen (secondary N) is 3. The maximum Gasteiger partial charge on any atom is 0.586 e. The van der Waals surface area contributed by atoms with Gasteiger partial charge >= 0.3 is 29.2 Å². The number of sulfone groups is 2. The average molecular weight is 1250 g/mol. The Hall–Kier alpha value is -8.46. The lowest BCUT2D eigenvalue weighted by Gasteiger charge is -2.13. The monoisotopic (exact) mass is 1250 g/mol. The van der Waals surface area contributed by atoms with E-state index in [-0.39, 0.29) is 88.4 Å². The lowest BCUT2D eigenvalue weighted by molar-refractivity contribution is -0.287. The van der Waals surface area contributed by atoms with E-state index >= 15 is 0 Å². The van der Waals surface area contributed by atoms with Crippen LogP contribution in [0.4, 0.5) is 28.9 Å². The molecular formula is C55H52Cl2F4N6O15S2. The summed E-state index contributed by atoms with van der Waals surface area (Å²) in [4.78, 5) is 57.0. The highest BCUT2D eigenvalue weighted by atomic mass is 35.5. The van der Waals surface area contributed by atoms with E-state index in [1.807, 2.05) is 4.57 Å². The molecule has 0 radical (unpaired) electrons. The van der Waals surface area contributed by atoms with Gasteiger partial charge in [-0.25, -0.2) is 26.6 Å². The molecule has 3 heterocycles. The molecule has 7 aromatic rings. The number of rotatable bonds is 17. The Bertz CT molecular complexity index is 3810. The van der Waals surface area contributed by atoms with Crippen LogP contribution < -0.4 is 40.6 Å². The van der Waals surface area contributed by atoms with Gasteiger partial charge in [0.25, 0.3) is 11.8 Å². The van der Waals surface area contributed by atoms with E-state index in [9.17, 15) is 48.8 Å². The van der Waals surface area contributed by atoms with E-state index in [2.05, 4.69) is 44.6 Å². The minimum absolute atomic E-state index is 0.00919. The SMILES string of the molecule is CCS(=O)(=O)c1ccc(CNC(=O)c2ccc(NCc3cccc4c3OC(F)(F)O4)c(N)c2)cc1.CCS(=O)(=O)c1ccc(CNC(=O)c2ccc3c(c2)nc(C)n3Cc2cccc3c2OC(F)(F)O3)cc1.COC(=O)C(Cl)(Cl)OC.O=C=O.